The van der Waals surface area contributed by atoms with Crippen molar-refractivity contribution in [3.63, 3.8) is 0 Å². The number of ether oxygens (including phenoxy) is 3. The average molecular weight is 414 g/mol. The molecule has 2 aliphatic heterocycles. The zero-order valence-corrected chi connectivity index (χ0v) is 16.3. The van der Waals surface area contributed by atoms with Crippen molar-refractivity contribution in [1.82, 2.24) is 9.97 Å². The molecule has 0 saturated carbocycles. The standard InChI is InChI=1S/C22H23FN2O5/c23-15-9-17-16(8-14(15)13-5-3-12(4-6-13)2-1-7-26)24-22(25-17)30-19-11-29-20-18(27)10-28-21(19)20/h3-6,8-9,18-21,26-27H,1-2,7,10-11H2,(H,24,25)/t18-,19-,20-,21-/m1/s1. The van der Waals surface area contributed by atoms with Gasteiger partial charge < -0.3 is 29.4 Å². The summed E-state index contributed by atoms with van der Waals surface area (Å²) in [4.78, 5) is 7.44. The minimum atomic E-state index is -0.647. The summed E-state index contributed by atoms with van der Waals surface area (Å²) in [5, 5.41) is 18.8. The second kappa shape index (κ2) is 7.96. The van der Waals surface area contributed by atoms with Gasteiger partial charge in [-0.3, -0.25) is 0 Å². The van der Waals surface area contributed by atoms with E-state index >= 15 is 0 Å². The Bertz CT molecular complexity index is 1040. The second-order valence-corrected chi connectivity index (χ2v) is 7.73. The lowest BCUT2D eigenvalue weighted by atomic mass is 10.0. The van der Waals surface area contributed by atoms with Crippen LogP contribution in [0.2, 0.25) is 0 Å². The van der Waals surface area contributed by atoms with Crippen LogP contribution < -0.4 is 4.74 Å². The van der Waals surface area contributed by atoms with E-state index in [1.165, 1.54) is 6.07 Å². The van der Waals surface area contributed by atoms with Crippen LogP contribution in [0.4, 0.5) is 4.39 Å². The fourth-order valence-corrected chi connectivity index (χ4v) is 4.11. The number of aliphatic hydroxyl groups is 2. The van der Waals surface area contributed by atoms with Gasteiger partial charge in [0.25, 0.3) is 6.01 Å². The van der Waals surface area contributed by atoms with Gasteiger partial charge in [-0.1, -0.05) is 24.3 Å². The van der Waals surface area contributed by atoms with Gasteiger partial charge in [-0.2, -0.15) is 4.98 Å². The molecule has 2 aromatic carbocycles. The topological polar surface area (TPSA) is 96.8 Å². The molecular weight excluding hydrogens is 391 g/mol. The normalized spacial score (nSPS) is 25.7. The number of nitrogens with one attached hydrogen (secondary N) is 1. The van der Waals surface area contributed by atoms with Crippen LogP contribution in [0, 0.1) is 5.82 Å². The highest BCUT2D eigenvalue weighted by molar-refractivity contribution is 5.83. The molecule has 0 bridgehead atoms. The lowest BCUT2D eigenvalue weighted by Gasteiger charge is -2.15. The van der Waals surface area contributed by atoms with Crippen LogP contribution in [0.15, 0.2) is 36.4 Å². The molecule has 3 aromatic rings. The van der Waals surface area contributed by atoms with Crippen molar-refractivity contribution >= 4 is 11.0 Å². The van der Waals surface area contributed by atoms with Gasteiger partial charge in [0.05, 0.1) is 24.2 Å². The molecule has 3 N–H and O–H groups in total. The second-order valence-electron chi connectivity index (χ2n) is 7.73. The zero-order chi connectivity index (χ0) is 20.7. The van der Waals surface area contributed by atoms with Gasteiger partial charge in [-0.25, -0.2) is 4.39 Å². The third kappa shape index (κ3) is 3.56. The van der Waals surface area contributed by atoms with Gasteiger partial charge in [0, 0.05) is 18.2 Å². The van der Waals surface area contributed by atoms with Crippen molar-refractivity contribution in [3.8, 4) is 17.1 Å². The highest BCUT2D eigenvalue weighted by atomic mass is 19.1. The van der Waals surface area contributed by atoms with E-state index < -0.39 is 6.10 Å². The Morgan fingerprint density at radius 1 is 1.13 bits per heavy atom. The third-order valence-electron chi connectivity index (χ3n) is 5.68. The third-order valence-corrected chi connectivity index (χ3v) is 5.68. The molecule has 1 aromatic heterocycles. The van der Waals surface area contributed by atoms with E-state index in [2.05, 4.69) is 9.97 Å². The van der Waals surface area contributed by atoms with Crippen LogP contribution in [0.5, 0.6) is 6.01 Å². The summed E-state index contributed by atoms with van der Waals surface area (Å²) in [6.45, 7) is 0.673. The van der Waals surface area contributed by atoms with Crippen LogP contribution >= 0.6 is 0 Å². The summed E-state index contributed by atoms with van der Waals surface area (Å²) in [5.41, 5.74) is 3.44. The van der Waals surface area contributed by atoms with Crippen molar-refractivity contribution in [2.45, 2.75) is 37.3 Å². The molecule has 0 spiro atoms. The molecule has 0 aliphatic carbocycles. The van der Waals surface area contributed by atoms with Crippen LogP contribution in [0.25, 0.3) is 22.2 Å². The number of imidazole rings is 1. The van der Waals surface area contributed by atoms with Crippen molar-refractivity contribution in [2.75, 3.05) is 19.8 Å². The fraction of sp³-hybridized carbons (Fsp3) is 0.409. The molecule has 0 unspecified atom stereocenters. The van der Waals surface area contributed by atoms with Gasteiger partial charge in [0.2, 0.25) is 0 Å². The van der Waals surface area contributed by atoms with E-state index in [9.17, 15) is 9.50 Å². The lowest BCUT2D eigenvalue weighted by Crippen LogP contribution is -2.34. The number of H-pyrrole nitrogens is 1. The van der Waals surface area contributed by atoms with Gasteiger partial charge >= 0.3 is 0 Å². The molecule has 30 heavy (non-hydrogen) atoms. The monoisotopic (exact) mass is 414 g/mol. The number of rotatable bonds is 6. The number of halogens is 1. The quantitative estimate of drug-likeness (QED) is 0.572. The number of hydrogen-bond acceptors (Lipinski definition) is 6. The first-order valence-electron chi connectivity index (χ1n) is 10.1. The van der Waals surface area contributed by atoms with Crippen molar-refractivity contribution in [1.29, 1.82) is 0 Å². The molecule has 158 valence electrons. The van der Waals surface area contributed by atoms with E-state index in [1.54, 1.807) is 6.07 Å². The molecule has 3 heterocycles. The number of hydrogen-bond donors (Lipinski definition) is 3. The van der Waals surface area contributed by atoms with Crippen LogP contribution in [-0.2, 0) is 15.9 Å². The largest absolute Gasteiger partial charge is 0.456 e. The van der Waals surface area contributed by atoms with Gasteiger partial charge in [-0.15, -0.1) is 0 Å². The molecule has 2 fully saturated rings. The van der Waals surface area contributed by atoms with E-state index in [-0.39, 0.29) is 43.4 Å². The van der Waals surface area contributed by atoms with Crippen molar-refractivity contribution < 1.29 is 28.8 Å². The fourth-order valence-electron chi connectivity index (χ4n) is 4.11. The summed E-state index contributed by atoms with van der Waals surface area (Å²) < 4.78 is 31.8. The molecule has 7 nitrogen and oxygen atoms in total. The summed E-state index contributed by atoms with van der Waals surface area (Å²) in [5.74, 6) is -0.354. The van der Waals surface area contributed by atoms with Gasteiger partial charge in [-0.05, 0) is 30.0 Å². The maximum Gasteiger partial charge on any atom is 0.295 e. The Morgan fingerprint density at radius 3 is 2.73 bits per heavy atom. The molecule has 2 aliphatic rings. The summed E-state index contributed by atoms with van der Waals surface area (Å²) in [7, 11) is 0. The highest BCUT2D eigenvalue weighted by Crippen LogP contribution is 2.31. The predicted molar refractivity (Wildman–Crippen MR) is 107 cm³/mol. The predicted octanol–water partition coefficient (Wildman–Crippen LogP) is 2.20. The summed E-state index contributed by atoms with van der Waals surface area (Å²) >= 11 is 0. The minimum absolute atomic E-state index is 0.150. The molecular formula is C22H23FN2O5. The first-order chi connectivity index (χ1) is 14.6. The zero-order valence-electron chi connectivity index (χ0n) is 16.3. The molecule has 0 amide bonds. The highest BCUT2D eigenvalue weighted by Gasteiger charge is 2.48. The summed E-state index contributed by atoms with van der Waals surface area (Å²) in [6.07, 6.45) is -0.276. The Hall–Kier alpha value is -2.52. The Balaban J connectivity index is 1.37. The SMILES string of the molecule is OCCCc1ccc(-c2cc3nc(O[C@@H]4CO[C@H]5[C@@H]4OC[C@H]5O)[nH]c3cc2F)cc1. The number of aryl methyl sites for hydroxylation is 1. The van der Waals surface area contributed by atoms with Crippen molar-refractivity contribution in [2.24, 2.45) is 0 Å². The van der Waals surface area contributed by atoms with E-state index in [1.807, 2.05) is 24.3 Å². The van der Waals surface area contributed by atoms with Gasteiger partial charge in [0.15, 0.2) is 6.10 Å². The van der Waals surface area contributed by atoms with Crippen LogP contribution in [0.1, 0.15) is 12.0 Å². The van der Waals surface area contributed by atoms with E-state index in [0.717, 1.165) is 17.5 Å². The Morgan fingerprint density at radius 2 is 1.93 bits per heavy atom. The first kappa shape index (κ1) is 19.4. The maximum absolute atomic E-state index is 14.8. The number of aromatic amines is 1. The summed E-state index contributed by atoms with van der Waals surface area (Å²) in [6, 6.07) is 11.0. The molecule has 5 rings (SSSR count). The number of nitrogens with zero attached hydrogens (tertiary/aromatic N) is 1. The average Bonchev–Trinajstić information content (AvgIpc) is 3.43. The Kier molecular flexibility index (Phi) is 5.16. The van der Waals surface area contributed by atoms with Crippen LogP contribution in [0.3, 0.4) is 0 Å². The number of benzene rings is 2. The molecule has 0 radical (unpaired) electrons. The van der Waals surface area contributed by atoms with E-state index in [0.29, 0.717) is 29.6 Å². The lowest BCUT2D eigenvalue weighted by molar-refractivity contribution is 0.00706. The first-order valence-corrected chi connectivity index (χ1v) is 10.1. The van der Waals surface area contributed by atoms with Crippen LogP contribution in [-0.4, -0.2) is 64.4 Å². The smallest absolute Gasteiger partial charge is 0.295 e. The van der Waals surface area contributed by atoms with Crippen molar-refractivity contribution in [3.05, 3.63) is 47.8 Å². The number of aromatic nitrogens is 2. The van der Waals surface area contributed by atoms with E-state index in [4.69, 9.17) is 19.3 Å². The minimum Gasteiger partial charge on any atom is -0.456 e. The molecule has 4 atom stereocenters. The molecule has 8 heteroatoms. The number of fused-ring (bicyclic) bond motifs is 2. The van der Waals surface area contributed by atoms with Gasteiger partial charge in [0.1, 0.15) is 24.1 Å². The number of aliphatic hydroxyl groups excluding tert-OH is 2. The molecule has 2 saturated heterocycles. The Labute approximate surface area is 172 Å². The maximum atomic E-state index is 14.8.